The molecule has 7 nitrogen and oxygen atoms in total. The first kappa shape index (κ1) is 14.8. The van der Waals surface area contributed by atoms with Gasteiger partial charge in [-0.1, -0.05) is 6.92 Å². The Labute approximate surface area is 94.3 Å². The third kappa shape index (κ3) is 8.18. The van der Waals surface area contributed by atoms with Crippen molar-refractivity contribution in [3.8, 4) is 0 Å². The number of rotatable bonds is 8. The largest absolute Gasteiger partial charge is 0.481 e. The Bertz CT molecular complexity index is 338. The van der Waals surface area contributed by atoms with Crippen molar-refractivity contribution in [2.24, 2.45) is 0 Å². The molecule has 94 valence electrons. The number of hydrogen-bond acceptors (Lipinski definition) is 4. The zero-order valence-corrected chi connectivity index (χ0v) is 9.84. The van der Waals surface area contributed by atoms with Crippen LogP contribution < -0.4 is 10.0 Å². The van der Waals surface area contributed by atoms with Gasteiger partial charge in [-0.3, -0.25) is 9.59 Å². The van der Waals surface area contributed by atoms with Gasteiger partial charge >= 0.3 is 5.97 Å². The third-order valence-electron chi connectivity index (χ3n) is 1.62. The first-order valence-corrected chi connectivity index (χ1v) is 6.48. The highest BCUT2D eigenvalue weighted by atomic mass is 32.2. The molecule has 1 amide bonds. The molecule has 0 saturated heterocycles. The fraction of sp³-hybridized carbons (Fsp3) is 0.750. The lowest BCUT2D eigenvalue weighted by molar-refractivity contribution is -0.138. The molecule has 0 spiro atoms. The van der Waals surface area contributed by atoms with E-state index in [0.29, 0.717) is 6.54 Å². The Morgan fingerprint density at radius 2 is 1.88 bits per heavy atom. The maximum atomic E-state index is 11.1. The summed E-state index contributed by atoms with van der Waals surface area (Å²) in [5.74, 6) is -1.73. The fourth-order valence-electron chi connectivity index (χ4n) is 0.926. The molecule has 0 rings (SSSR count). The SMILES string of the molecule is CCNS(=O)(=O)CCNC(=O)CCC(=O)O. The average Bonchev–Trinajstić information content (AvgIpc) is 2.14. The monoisotopic (exact) mass is 252 g/mol. The fourth-order valence-corrected chi connectivity index (χ4v) is 1.88. The second kappa shape index (κ2) is 7.18. The van der Waals surface area contributed by atoms with Crippen molar-refractivity contribution in [1.29, 1.82) is 0 Å². The molecule has 0 aromatic rings. The minimum atomic E-state index is -3.34. The Balaban J connectivity index is 3.74. The number of carboxylic acid groups (broad SMARTS) is 1. The second-order valence-electron chi connectivity index (χ2n) is 3.06. The van der Waals surface area contributed by atoms with Crippen LogP contribution in [0, 0.1) is 0 Å². The predicted molar refractivity (Wildman–Crippen MR) is 57.3 cm³/mol. The van der Waals surface area contributed by atoms with Gasteiger partial charge in [-0.25, -0.2) is 13.1 Å². The van der Waals surface area contributed by atoms with Gasteiger partial charge < -0.3 is 10.4 Å². The molecule has 0 heterocycles. The van der Waals surface area contributed by atoms with Gasteiger partial charge in [0.25, 0.3) is 0 Å². The number of nitrogens with one attached hydrogen (secondary N) is 2. The van der Waals surface area contributed by atoms with Crippen LogP contribution in [0.3, 0.4) is 0 Å². The van der Waals surface area contributed by atoms with Crippen LogP contribution in [0.15, 0.2) is 0 Å². The highest BCUT2D eigenvalue weighted by molar-refractivity contribution is 7.89. The van der Waals surface area contributed by atoms with Crippen molar-refractivity contribution < 1.29 is 23.1 Å². The number of aliphatic carboxylic acids is 1. The quantitative estimate of drug-likeness (QED) is 0.508. The van der Waals surface area contributed by atoms with E-state index in [1.54, 1.807) is 6.92 Å². The third-order valence-corrected chi connectivity index (χ3v) is 3.09. The lowest BCUT2D eigenvalue weighted by Gasteiger charge is -2.05. The first-order valence-electron chi connectivity index (χ1n) is 4.83. The lowest BCUT2D eigenvalue weighted by Crippen LogP contribution is -2.34. The van der Waals surface area contributed by atoms with Crippen LogP contribution >= 0.6 is 0 Å². The summed E-state index contributed by atoms with van der Waals surface area (Å²) in [5, 5.41) is 10.6. The Morgan fingerprint density at radius 1 is 1.25 bits per heavy atom. The van der Waals surface area contributed by atoms with Crippen LogP contribution in [0.1, 0.15) is 19.8 Å². The standard InChI is InChI=1S/C8H16N2O5S/c1-2-10-16(14,15)6-5-9-7(11)3-4-8(12)13/h10H,2-6H2,1H3,(H,9,11)(H,12,13). The summed E-state index contributed by atoms with van der Waals surface area (Å²) in [7, 11) is -3.34. The van der Waals surface area contributed by atoms with Crippen molar-refractivity contribution in [1.82, 2.24) is 10.0 Å². The predicted octanol–water partition coefficient (Wildman–Crippen LogP) is -1.09. The Hall–Kier alpha value is -1.15. The van der Waals surface area contributed by atoms with E-state index >= 15 is 0 Å². The van der Waals surface area contributed by atoms with Crippen LogP contribution in [-0.2, 0) is 19.6 Å². The van der Waals surface area contributed by atoms with E-state index in [1.807, 2.05) is 0 Å². The van der Waals surface area contributed by atoms with E-state index in [4.69, 9.17) is 5.11 Å². The highest BCUT2D eigenvalue weighted by Gasteiger charge is 2.09. The summed E-state index contributed by atoms with van der Waals surface area (Å²) in [6.45, 7) is 1.94. The molecule has 0 aliphatic heterocycles. The van der Waals surface area contributed by atoms with Crippen molar-refractivity contribution in [2.75, 3.05) is 18.8 Å². The summed E-state index contributed by atoms with van der Waals surface area (Å²) >= 11 is 0. The molecule has 0 aromatic carbocycles. The molecule has 0 bridgehead atoms. The maximum absolute atomic E-state index is 11.1. The molecule has 0 aromatic heterocycles. The number of hydrogen-bond donors (Lipinski definition) is 3. The first-order chi connectivity index (χ1) is 7.37. The molecule has 0 unspecified atom stereocenters. The smallest absolute Gasteiger partial charge is 0.303 e. The van der Waals surface area contributed by atoms with Crippen molar-refractivity contribution >= 4 is 21.9 Å². The zero-order valence-electron chi connectivity index (χ0n) is 9.02. The van der Waals surface area contributed by atoms with Gasteiger partial charge in [-0.15, -0.1) is 0 Å². The molecule has 0 aliphatic carbocycles. The topological polar surface area (TPSA) is 113 Å². The molecule has 0 radical (unpaired) electrons. The molecule has 0 fully saturated rings. The summed E-state index contributed by atoms with van der Waals surface area (Å²) in [5.41, 5.74) is 0. The van der Waals surface area contributed by atoms with Gasteiger partial charge in [-0.05, 0) is 0 Å². The number of sulfonamides is 1. The molecule has 3 N–H and O–H groups in total. The Morgan fingerprint density at radius 3 is 2.38 bits per heavy atom. The minimum Gasteiger partial charge on any atom is -0.481 e. The van der Waals surface area contributed by atoms with Crippen LogP contribution in [0.25, 0.3) is 0 Å². The van der Waals surface area contributed by atoms with Crippen molar-refractivity contribution in [3.05, 3.63) is 0 Å². The molecule has 0 saturated carbocycles. The van der Waals surface area contributed by atoms with Crippen LogP contribution in [0.2, 0.25) is 0 Å². The summed E-state index contributed by atoms with van der Waals surface area (Å²) in [4.78, 5) is 21.1. The van der Waals surface area contributed by atoms with Crippen LogP contribution in [0.5, 0.6) is 0 Å². The van der Waals surface area contributed by atoms with E-state index in [2.05, 4.69) is 10.0 Å². The molecule has 0 atom stereocenters. The molecule has 16 heavy (non-hydrogen) atoms. The van der Waals surface area contributed by atoms with E-state index < -0.39 is 21.9 Å². The summed E-state index contributed by atoms with van der Waals surface area (Å²) in [6, 6.07) is 0. The summed E-state index contributed by atoms with van der Waals surface area (Å²) in [6.07, 6.45) is -0.400. The van der Waals surface area contributed by atoms with E-state index in [0.717, 1.165) is 0 Å². The van der Waals surface area contributed by atoms with Gasteiger partial charge in [0.1, 0.15) is 0 Å². The van der Waals surface area contributed by atoms with Gasteiger partial charge in [0.15, 0.2) is 0 Å². The summed E-state index contributed by atoms with van der Waals surface area (Å²) < 4.78 is 24.5. The lowest BCUT2D eigenvalue weighted by atomic mass is 10.3. The minimum absolute atomic E-state index is 0.0201. The molecular formula is C8H16N2O5S. The van der Waals surface area contributed by atoms with E-state index in [-0.39, 0.29) is 25.1 Å². The van der Waals surface area contributed by atoms with Crippen LogP contribution in [0.4, 0.5) is 0 Å². The van der Waals surface area contributed by atoms with E-state index in [1.165, 1.54) is 0 Å². The average molecular weight is 252 g/mol. The normalized spacial score (nSPS) is 11.1. The second-order valence-corrected chi connectivity index (χ2v) is 4.99. The van der Waals surface area contributed by atoms with Gasteiger partial charge in [0.05, 0.1) is 12.2 Å². The van der Waals surface area contributed by atoms with Crippen molar-refractivity contribution in [3.63, 3.8) is 0 Å². The molecule has 8 heteroatoms. The van der Waals surface area contributed by atoms with Gasteiger partial charge in [-0.2, -0.15) is 0 Å². The van der Waals surface area contributed by atoms with Gasteiger partial charge in [0.2, 0.25) is 15.9 Å². The zero-order chi connectivity index (χ0) is 12.6. The number of carboxylic acids is 1. The number of carbonyl (C=O) groups excluding carboxylic acids is 1. The van der Waals surface area contributed by atoms with Gasteiger partial charge in [0, 0.05) is 19.5 Å². The number of carbonyl (C=O) groups is 2. The highest BCUT2D eigenvalue weighted by Crippen LogP contribution is 1.88. The Kier molecular flexibility index (Phi) is 6.66. The molecular weight excluding hydrogens is 236 g/mol. The molecule has 0 aliphatic rings. The van der Waals surface area contributed by atoms with Crippen molar-refractivity contribution in [2.45, 2.75) is 19.8 Å². The van der Waals surface area contributed by atoms with E-state index in [9.17, 15) is 18.0 Å². The number of amides is 1. The maximum Gasteiger partial charge on any atom is 0.303 e. The van der Waals surface area contributed by atoms with Crippen LogP contribution in [-0.4, -0.2) is 44.2 Å².